The van der Waals surface area contributed by atoms with Crippen LogP contribution in [0.15, 0.2) is 53.2 Å². The van der Waals surface area contributed by atoms with Crippen LogP contribution in [0.1, 0.15) is 44.3 Å². The predicted molar refractivity (Wildman–Crippen MR) is 114 cm³/mol. The Morgan fingerprint density at radius 2 is 1.90 bits per heavy atom. The average molecular weight is 409 g/mol. The van der Waals surface area contributed by atoms with E-state index in [1.54, 1.807) is 36.4 Å². The Balaban J connectivity index is 1.72. The smallest absolute Gasteiger partial charge is 0.267 e. The maximum absolute atomic E-state index is 13.1. The highest BCUT2D eigenvalue weighted by atomic mass is 16.5. The van der Waals surface area contributed by atoms with Crippen molar-refractivity contribution in [1.82, 2.24) is 19.9 Å². The van der Waals surface area contributed by atoms with Gasteiger partial charge in [0.15, 0.2) is 0 Å². The van der Waals surface area contributed by atoms with Gasteiger partial charge in [-0.2, -0.15) is 0 Å². The number of aromatic nitrogens is 2. The minimum absolute atomic E-state index is 0.0951. The Morgan fingerprint density at radius 1 is 1.17 bits per heavy atom. The summed E-state index contributed by atoms with van der Waals surface area (Å²) < 4.78 is 6.95. The largest absolute Gasteiger partial charge is 0.361 e. The zero-order valence-electron chi connectivity index (χ0n) is 17.9. The van der Waals surface area contributed by atoms with Crippen molar-refractivity contribution in [3.8, 4) is 0 Å². The molecule has 0 saturated heterocycles. The second-order valence-electron chi connectivity index (χ2n) is 7.51. The second kappa shape index (κ2) is 9.43. The van der Waals surface area contributed by atoms with Gasteiger partial charge < -0.3 is 19.3 Å². The summed E-state index contributed by atoms with van der Waals surface area (Å²) in [7, 11) is 3.63. The molecule has 3 aromatic rings. The van der Waals surface area contributed by atoms with Crippen molar-refractivity contribution in [2.75, 3.05) is 13.6 Å². The molecule has 1 N–H and O–H groups in total. The molecule has 30 heavy (non-hydrogen) atoms. The molecule has 0 aliphatic heterocycles. The number of hydrogen-bond acceptors (Lipinski definition) is 4. The van der Waals surface area contributed by atoms with E-state index in [-0.39, 0.29) is 17.9 Å². The summed E-state index contributed by atoms with van der Waals surface area (Å²) in [5, 5.41) is 6.87. The van der Waals surface area contributed by atoms with Gasteiger partial charge in [0, 0.05) is 32.9 Å². The molecule has 7 nitrogen and oxygen atoms in total. The van der Waals surface area contributed by atoms with Crippen LogP contribution < -0.4 is 5.32 Å². The summed E-state index contributed by atoms with van der Waals surface area (Å²) in [6.45, 7) is 3.97. The SMILES string of the molecule is Cc1noc(C)c1C(=O)N(C)C(CCNC(=O)c1cccn1C)Cc1ccccc1. The molecule has 0 saturated carbocycles. The minimum Gasteiger partial charge on any atom is -0.361 e. The fraction of sp³-hybridized carbons (Fsp3) is 0.348. The Hall–Kier alpha value is -3.35. The molecule has 2 heterocycles. The molecule has 0 radical (unpaired) electrons. The lowest BCUT2D eigenvalue weighted by Crippen LogP contribution is -2.41. The Morgan fingerprint density at radius 3 is 2.50 bits per heavy atom. The van der Waals surface area contributed by atoms with Gasteiger partial charge in [-0.3, -0.25) is 9.59 Å². The minimum atomic E-state index is -0.124. The number of nitrogens with zero attached hydrogens (tertiary/aromatic N) is 3. The first-order valence-corrected chi connectivity index (χ1v) is 10.0. The molecule has 1 aromatic carbocycles. The summed E-state index contributed by atoms with van der Waals surface area (Å²) in [5.41, 5.74) is 2.83. The maximum Gasteiger partial charge on any atom is 0.267 e. The lowest BCUT2D eigenvalue weighted by molar-refractivity contribution is 0.0720. The Labute approximate surface area is 176 Å². The van der Waals surface area contributed by atoms with Crippen molar-refractivity contribution in [2.24, 2.45) is 7.05 Å². The van der Waals surface area contributed by atoms with E-state index in [2.05, 4.69) is 10.5 Å². The molecule has 158 valence electrons. The van der Waals surface area contributed by atoms with Crippen molar-refractivity contribution in [3.05, 3.63) is 76.9 Å². The van der Waals surface area contributed by atoms with Crippen LogP contribution in [0.25, 0.3) is 0 Å². The molecule has 2 aromatic heterocycles. The molecule has 0 spiro atoms. The standard InChI is InChI=1S/C23H28N4O3/c1-16-21(17(2)30-25-16)23(29)27(4)19(15-18-9-6-5-7-10-18)12-13-24-22(28)20-11-8-14-26(20)3/h5-11,14,19H,12-13,15H2,1-4H3,(H,24,28). The van der Waals surface area contributed by atoms with Crippen molar-refractivity contribution < 1.29 is 14.1 Å². The topological polar surface area (TPSA) is 80.4 Å². The van der Waals surface area contributed by atoms with Crippen molar-refractivity contribution in [3.63, 3.8) is 0 Å². The zero-order chi connectivity index (χ0) is 21.7. The van der Waals surface area contributed by atoms with Gasteiger partial charge in [0.2, 0.25) is 0 Å². The maximum atomic E-state index is 13.1. The summed E-state index contributed by atoms with van der Waals surface area (Å²) in [6, 6.07) is 13.6. The highest BCUT2D eigenvalue weighted by Gasteiger charge is 2.26. The first-order chi connectivity index (χ1) is 14.4. The first kappa shape index (κ1) is 21.4. The molecular weight excluding hydrogens is 380 g/mol. The Bertz CT molecular complexity index is 987. The van der Waals surface area contributed by atoms with Gasteiger partial charge in [0.25, 0.3) is 11.8 Å². The molecule has 0 fully saturated rings. The second-order valence-corrected chi connectivity index (χ2v) is 7.51. The van der Waals surface area contributed by atoms with Crippen LogP contribution in [0.4, 0.5) is 0 Å². The van der Waals surface area contributed by atoms with Crippen LogP contribution in [0.2, 0.25) is 0 Å². The number of aryl methyl sites for hydroxylation is 3. The summed E-state index contributed by atoms with van der Waals surface area (Å²) >= 11 is 0. The van der Waals surface area contributed by atoms with Gasteiger partial charge in [-0.15, -0.1) is 0 Å². The van der Waals surface area contributed by atoms with E-state index in [1.807, 2.05) is 49.6 Å². The fourth-order valence-corrected chi connectivity index (χ4v) is 3.59. The number of carbonyl (C=O) groups excluding carboxylic acids is 2. The number of likely N-dealkylation sites (N-methyl/N-ethyl adjacent to an activating group) is 1. The normalized spacial score (nSPS) is 11.9. The molecular formula is C23H28N4O3. The third-order valence-corrected chi connectivity index (χ3v) is 5.37. The van der Waals surface area contributed by atoms with Crippen LogP contribution in [0.5, 0.6) is 0 Å². The highest BCUT2D eigenvalue weighted by Crippen LogP contribution is 2.19. The lowest BCUT2D eigenvalue weighted by atomic mass is 10.0. The monoisotopic (exact) mass is 408 g/mol. The van der Waals surface area contributed by atoms with Crippen molar-refractivity contribution in [2.45, 2.75) is 32.7 Å². The third-order valence-electron chi connectivity index (χ3n) is 5.37. The molecule has 0 aliphatic carbocycles. The highest BCUT2D eigenvalue weighted by molar-refractivity contribution is 5.96. The van der Waals surface area contributed by atoms with Crippen molar-refractivity contribution in [1.29, 1.82) is 0 Å². The predicted octanol–water partition coefficient (Wildman–Crippen LogP) is 3.13. The van der Waals surface area contributed by atoms with E-state index in [0.29, 0.717) is 42.1 Å². The molecule has 3 rings (SSSR count). The van der Waals surface area contributed by atoms with Gasteiger partial charge in [0.05, 0.1) is 5.69 Å². The third kappa shape index (κ3) is 4.79. The number of amides is 2. The number of nitrogens with one attached hydrogen (secondary N) is 1. The van der Waals surface area contributed by atoms with Crippen LogP contribution in [-0.4, -0.2) is 46.1 Å². The van der Waals surface area contributed by atoms with Gasteiger partial charge in [-0.1, -0.05) is 35.5 Å². The molecule has 0 bridgehead atoms. The van der Waals surface area contributed by atoms with Gasteiger partial charge >= 0.3 is 0 Å². The van der Waals surface area contributed by atoms with Gasteiger partial charge in [-0.05, 0) is 44.4 Å². The Kier molecular flexibility index (Phi) is 6.72. The van der Waals surface area contributed by atoms with Gasteiger partial charge in [-0.25, -0.2) is 0 Å². The first-order valence-electron chi connectivity index (χ1n) is 10.0. The van der Waals surface area contributed by atoms with E-state index >= 15 is 0 Å². The molecule has 1 unspecified atom stereocenters. The van der Waals surface area contributed by atoms with E-state index in [9.17, 15) is 9.59 Å². The van der Waals surface area contributed by atoms with E-state index in [1.165, 1.54) is 0 Å². The van der Waals surface area contributed by atoms with E-state index in [4.69, 9.17) is 4.52 Å². The van der Waals surface area contributed by atoms with Crippen LogP contribution in [-0.2, 0) is 13.5 Å². The fourth-order valence-electron chi connectivity index (χ4n) is 3.59. The zero-order valence-corrected chi connectivity index (χ0v) is 17.9. The summed E-state index contributed by atoms with van der Waals surface area (Å²) in [6.07, 6.45) is 3.15. The summed E-state index contributed by atoms with van der Waals surface area (Å²) in [5.74, 6) is 0.265. The van der Waals surface area contributed by atoms with Crippen molar-refractivity contribution >= 4 is 11.8 Å². The number of hydrogen-bond donors (Lipinski definition) is 1. The molecule has 7 heteroatoms. The number of benzene rings is 1. The molecule has 1 atom stereocenters. The van der Waals surface area contributed by atoms with E-state index in [0.717, 1.165) is 5.56 Å². The molecule has 2 amide bonds. The van der Waals surface area contributed by atoms with Crippen LogP contribution in [0, 0.1) is 13.8 Å². The van der Waals surface area contributed by atoms with Gasteiger partial charge in [0.1, 0.15) is 17.0 Å². The van der Waals surface area contributed by atoms with E-state index < -0.39 is 0 Å². The quantitative estimate of drug-likeness (QED) is 0.621. The number of rotatable bonds is 8. The van der Waals surface area contributed by atoms with Crippen LogP contribution in [0.3, 0.4) is 0 Å². The summed E-state index contributed by atoms with van der Waals surface area (Å²) in [4.78, 5) is 27.3. The average Bonchev–Trinajstić information content (AvgIpc) is 3.31. The van der Waals surface area contributed by atoms with Crippen LogP contribution >= 0.6 is 0 Å². The molecule has 0 aliphatic rings. The number of carbonyl (C=O) groups is 2. The lowest BCUT2D eigenvalue weighted by Gasteiger charge is -2.28.